The van der Waals surface area contributed by atoms with Gasteiger partial charge in [0.05, 0.1) is 0 Å². The number of benzene rings is 2. The molecule has 1 aromatic heterocycles. The first-order chi connectivity index (χ1) is 13.6. The van der Waals surface area contributed by atoms with E-state index in [1.807, 2.05) is 30.3 Å². The molecule has 2 aromatic carbocycles. The first-order valence-electron chi connectivity index (χ1n) is 9.05. The molecule has 0 bridgehead atoms. The van der Waals surface area contributed by atoms with E-state index < -0.39 is 0 Å². The molecule has 2 heterocycles. The number of nitrogens with one attached hydrogen (secondary N) is 2. The molecule has 0 fully saturated rings. The highest BCUT2D eigenvalue weighted by molar-refractivity contribution is 5.93. The molecule has 0 saturated carbocycles. The van der Waals surface area contributed by atoms with Gasteiger partial charge >= 0.3 is 0 Å². The topological polar surface area (TPSA) is 72.5 Å². The van der Waals surface area contributed by atoms with Gasteiger partial charge in [0.25, 0.3) is 5.91 Å². The van der Waals surface area contributed by atoms with Crippen molar-refractivity contribution >= 4 is 17.3 Å². The zero-order valence-electron chi connectivity index (χ0n) is 15.8. The zero-order chi connectivity index (χ0) is 19.5. The van der Waals surface area contributed by atoms with Crippen molar-refractivity contribution in [2.24, 2.45) is 0 Å². The van der Waals surface area contributed by atoms with Crippen LogP contribution < -0.4 is 20.1 Å². The van der Waals surface area contributed by atoms with Crippen molar-refractivity contribution in [3.05, 3.63) is 77.1 Å². The van der Waals surface area contributed by atoms with E-state index >= 15 is 0 Å². The van der Waals surface area contributed by atoms with Crippen molar-refractivity contribution in [2.45, 2.75) is 20.4 Å². The number of carbonyl (C=O) groups is 1. The van der Waals surface area contributed by atoms with Crippen LogP contribution in [0.2, 0.25) is 0 Å². The van der Waals surface area contributed by atoms with Gasteiger partial charge in [-0.25, -0.2) is 0 Å². The van der Waals surface area contributed by atoms with Crippen LogP contribution in [0.5, 0.6) is 11.5 Å². The summed E-state index contributed by atoms with van der Waals surface area (Å²) in [4.78, 5) is 16.7. The number of rotatable bonds is 5. The van der Waals surface area contributed by atoms with Gasteiger partial charge in [0.15, 0.2) is 11.5 Å². The van der Waals surface area contributed by atoms with Crippen LogP contribution >= 0.6 is 0 Å². The van der Waals surface area contributed by atoms with E-state index in [1.54, 1.807) is 12.3 Å². The summed E-state index contributed by atoms with van der Waals surface area (Å²) in [5.41, 5.74) is 5.52. The molecule has 2 N–H and O–H groups in total. The second-order valence-electron chi connectivity index (χ2n) is 6.72. The highest BCUT2D eigenvalue weighted by atomic mass is 16.7. The number of nitrogens with zero attached hydrogens (tertiary/aromatic N) is 1. The third-order valence-corrected chi connectivity index (χ3v) is 4.68. The number of anilines is 2. The Balaban J connectivity index is 1.41. The Bertz CT molecular complexity index is 1030. The zero-order valence-corrected chi connectivity index (χ0v) is 15.8. The number of pyridine rings is 1. The minimum absolute atomic E-state index is 0.232. The van der Waals surface area contributed by atoms with Crippen molar-refractivity contribution in [1.29, 1.82) is 0 Å². The fourth-order valence-corrected chi connectivity index (χ4v) is 2.94. The lowest BCUT2D eigenvalue weighted by Crippen LogP contribution is -2.23. The summed E-state index contributed by atoms with van der Waals surface area (Å²) < 4.78 is 10.7. The third-order valence-electron chi connectivity index (χ3n) is 4.68. The lowest BCUT2D eigenvalue weighted by atomic mass is 10.1. The van der Waals surface area contributed by atoms with Crippen molar-refractivity contribution < 1.29 is 14.3 Å². The Morgan fingerprint density at radius 3 is 2.64 bits per heavy atom. The quantitative estimate of drug-likeness (QED) is 0.702. The molecule has 0 spiro atoms. The van der Waals surface area contributed by atoms with Crippen molar-refractivity contribution in [3.63, 3.8) is 0 Å². The minimum atomic E-state index is -0.235. The number of amides is 1. The summed E-state index contributed by atoms with van der Waals surface area (Å²) in [5, 5.41) is 6.21. The maximum atomic E-state index is 12.5. The van der Waals surface area contributed by atoms with Crippen LogP contribution in [0.3, 0.4) is 0 Å². The molecule has 0 unspecified atom stereocenters. The van der Waals surface area contributed by atoms with E-state index in [0.29, 0.717) is 18.0 Å². The molecule has 6 heteroatoms. The fraction of sp³-hybridized carbons (Fsp3) is 0.182. The first-order valence-corrected chi connectivity index (χ1v) is 9.05. The largest absolute Gasteiger partial charge is 0.454 e. The standard InChI is InChI=1S/C22H21N3O3/c1-14-3-5-17(9-15(14)2)25-18-7-8-23-19(11-18)22(26)24-12-16-4-6-20-21(10-16)28-13-27-20/h3-11H,12-13H2,1-2H3,(H,23,25)(H,24,26). The first kappa shape index (κ1) is 17.9. The minimum Gasteiger partial charge on any atom is -0.454 e. The van der Waals surface area contributed by atoms with Gasteiger partial charge < -0.3 is 20.1 Å². The number of aromatic nitrogens is 1. The van der Waals surface area contributed by atoms with Gasteiger partial charge in [0.2, 0.25) is 6.79 Å². The van der Waals surface area contributed by atoms with E-state index in [4.69, 9.17) is 9.47 Å². The van der Waals surface area contributed by atoms with Gasteiger partial charge in [0.1, 0.15) is 5.69 Å². The van der Waals surface area contributed by atoms with Gasteiger partial charge in [-0.05, 0) is 66.9 Å². The van der Waals surface area contributed by atoms with Crippen molar-refractivity contribution in [3.8, 4) is 11.5 Å². The summed E-state index contributed by atoms with van der Waals surface area (Å²) in [6.07, 6.45) is 1.62. The molecule has 28 heavy (non-hydrogen) atoms. The number of hydrogen-bond donors (Lipinski definition) is 2. The summed E-state index contributed by atoms with van der Waals surface area (Å²) in [6, 6.07) is 15.4. The summed E-state index contributed by atoms with van der Waals surface area (Å²) in [7, 11) is 0. The summed E-state index contributed by atoms with van der Waals surface area (Å²) >= 11 is 0. The van der Waals surface area contributed by atoms with Gasteiger partial charge in [-0.3, -0.25) is 9.78 Å². The van der Waals surface area contributed by atoms with Crippen molar-refractivity contribution in [1.82, 2.24) is 10.3 Å². The predicted octanol–water partition coefficient (Wildman–Crippen LogP) is 4.10. The Hall–Kier alpha value is -3.54. The van der Waals surface area contributed by atoms with Crippen LogP contribution in [0.4, 0.5) is 11.4 Å². The maximum Gasteiger partial charge on any atom is 0.270 e. The maximum absolute atomic E-state index is 12.5. The molecular formula is C22H21N3O3. The SMILES string of the molecule is Cc1ccc(Nc2ccnc(C(=O)NCc3ccc4c(c3)OCO4)c2)cc1C. The van der Waals surface area contributed by atoms with Crippen LogP contribution in [-0.2, 0) is 6.54 Å². The molecule has 0 radical (unpaired) electrons. The number of ether oxygens (including phenoxy) is 2. The molecule has 0 atom stereocenters. The van der Waals surface area contributed by atoms with E-state index in [2.05, 4.69) is 41.6 Å². The second-order valence-corrected chi connectivity index (χ2v) is 6.72. The molecule has 3 aromatic rings. The highest BCUT2D eigenvalue weighted by Crippen LogP contribution is 2.32. The lowest BCUT2D eigenvalue weighted by Gasteiger charge is -2.10. The number of carbonyl (C=O) groups excluding carboxylic acids is 1. The molecular weight excluding hydrogens is 354 g/mol. The van der Waals surface area contributed by atoms with E-state index in [1.165, 1.54) is 11.1 Å². The van der Waals surface area contributed by atoms with Crippen LogP contribution in [-0.4, -0.2) is 17.7 Å². The van der Waals surface area contributed by atoms with E-state index in [0.717, 1.165) is 22.7 Å². The highest BCUT2D eigenvalue weighted by Gasteiger charge is 2.14. The molecule has 142 valence electrons. The monoisotopic (exact) mass is 375 g/mol. The van der Waals surface area contributed by atoms with Crippen LogP contribution in [0.15, 0.2) is 54.7 Å². The van der Waals surface area contributed by atoms with Gasteiger partial charge in [0, 0.05) is 24.1 Å². The molecule has 1 aliphatic heterocycles. The normalized spacial score (nSPS) is 11.9. The average Bonchev–Trinajstić information content (AvgIpc) is 3.17. The van der Waals surface area contributed by atoms with Crippen molar-refractivity contribution in [2.75, 3.05) is 12.1 Å². The van der Waals surface area contributed by atoms with Gasteiger partial charge in [-0.1, -0.05) is 12.1 Å². The smallest absolute Gasteiger partial charge is 0.270 e. The fourth-order valence-electron chi connectivity index (χ4n) is 2.94. The molecule has 0 saturated heterocycles. The number of hydrogen-bond acceptors (Lipinski definition) is 5. The number of fused-ring (bicyclic) bond motifs is 1. The molecule has 6 nitrogen and oxygen atoms in total. The van der Waals surface area contributed by atoms with Gasteiger partial charge in [-0.2, -0.15) is 0 Å². The summed E-state index contributed by atoms with van der Waals surface area (Å²) in [6.45, 7) is 4.76. The Morgan fingerprint density at radius 2 is 1.79 bits per heavy atom. The summed E-state index contributed by atoms with van der Waals surface area (Å²) in [5.74, 6) is 1.19. The van der Waals surface area contributed by atoms with E-state index in [-0.39, 0.29) is 12.7 Å². The molecule has 0 aliphatic carbocycles. The predicted molar refractivity (Wildman–Crippen MR) is 107 cm³/mol. The molecule has 1 aliphatic rings. The van der Waals surface area contributed by atoms with Crippen LogP contribution in [0.25, 0.3) is 0 Å². The van der Waals surface area contributed by atoms with Crippen LogP contribution in [0.1, 0.15) is 27.2 Å². The second kappa shape index (κ2) is 7.60. The number of aryl methyl sites for hydroxylation is 2. The Kier molecular flexibility index (Phi) is 4.85. The van der Waals surface area contributed by atoms with Crippen LogP contribution in [0, 0.1) is 13.8 Å². The Morgan fingerprint density at radius 1 is 0.964 bits per heavy atom. The average molecular weight is 375 g/mol. The lowest BCUT2D eigenvalue weighted by molar-refractivity contribution is 0.0946. The molecule has 1 amide bonds. The third kappa shape index (κ3) is 3.91. The van der Waals surface area contributed by atoms with Gasteiger partial charge in [-0.15, -0.1) is 0 Å². The Labute approximate surface area is 163 Å². The van der Waals surface area contributed by atoms with E-state index in [9.17, 15) is 4.79 Å². The molecule has 4 rings (SSSR count).